The van der Waals surface area contributed by atoms with E-state index in [-0.39, 0.29) is 5.91 Å². The van der Waals surface area contributed by atoms with Crippen molar-refractivity contribution in [3.63, 3.8) is 0 Å². The Morgan fingerprint density at radius 1 is 1.05 bits per heavy atom. The van der Waals surface area contributed by atoms with Gasteiger partial charge in [0.1, 0.15) is 0 Å². The summed E-state index contributed by atoms with van der Waals surface area (Å²) in [4.78, 5) is 14.2. The van der Waals surface area contributed by atoms with Crippen molar-refractivity contribution in [2.24, 2.45) is 0 Å². The Kier molecular flexibility index (Phi) is 3.60. The first-order valence-electron chi connectivity index (χ1n) is 6.88. The lowest BCUT2D eigenvalue weighted by atomic mass is 10.1. The maximum atomic E-state index is 11.0. The molecule has 1 heterocycles. The van der Waals surface area contributed by atoms with Crippen molar-refractivity contribution < 1.29 is 4.79 Å². The van der Waals surface area contributed by atoms with Crippen LogP contribution in [0.15, 0.2) is 54.7 Å². The molecule has 3 aromatic rings. The van der Waals surface area contributed by atoms with Gasteiger partial charge in [-0.2, -0.15) is 0 Å². The molecule has 106 valence electrons. The summed E-state index contributed by atoms with van der Waals surface area (Å²) in [5.41, 5.74) is 4.21. The minimum Gasteiger partial charge on any atom is -0.381 e. The number of H-pyrrole nitrogens is 1. The van der Waals surface area contributed by atoms with Crippen LogP contribution in [0, 0.1) is 0 Å². The standard InChI is InChI=1S/C17H17N3O/c1-12(21)20-16-5-3-15(4-6-16)19-11-13-2-7-17-14(10-13)8-9-18-17/h2-10,18-19H,11H2,1H3,(H,20,21). The van der Waals surface area contributed by atoms with Crippen LogP contribution in [-0.4, -0.2) is 10.9 Å². The Morgan fingerprint density at radius 2 is 1.81 bits per heavy atom. The van der Waals surface area contributed by atoms with Gasteiger partial charge in [-0.1, -0.05) is 6.07 Å². The van der Waals surface area contributed by atoms with Crippen LogP contribution in [-0.2, 0) is 11.3 Å². The summed E-state index contributed by atoms with van der Waals surface area (Å²) in [6.07, 6.45) is 1.95. The number of nitrogens with one attached hydrogen (secondary N) is 3. The quantitative estimate of drug-likeness (QED) is 0.681. The molecule has 3 rings (SSSR count). The van der Waals surface area contributed by atoms with Crippen LogP contribution in [0.4, 0.5) is 11.4 Å². The molecule has 0 spiro atoms. The molecule has 0 saturated carbocycles. The number of benzene rings is 2. The number of amides is 1. The number of rotatable bonds is 4. The molecule has 2 aromatic carbocycles. The zero-order chi connectivity index (χ0) is 14.7. The SMILES string of the molecule is CC(=O)Nc1ccc(NCc2ccc3[nH]ccc3c2)cc1. The minimum atomic E-state index is -0.0597. The molecule has 0 aliphatic heterocycles. The van der Waals surface area contributed by atoms with Crippen molar-refractivity contribution in [3.8, 4) is 0 Å². The molecule has 0 saturated heterocycles. The number of carbonyl (C=O) groups is 1. The van der Waals surface area contributed by atoms with Gasteiger partial charge in [0.15, 0.2) is 0 Å². The third-order valence-corrected chi connectivity index (χ3v) is 3.32. The number of hydrogen-bond acceptors (Lipinski definition) is 2. The average Bonchev–Trinajstić information content (AvgIpc) is 2.93. The smallest absolute Gasteiger partial charge is 0.221 e. The zero-order valence-electron chi connectivity index (χ0n) is 11.8. The molecule has 4 nitrogen and oxygen atoms in total. The lowest BCUT2D eigenvalue weighted by Crippen LogP contribution is -2.05. The van der Waals surface area contributed by atoms with Crippen LogP contribution in [0.3, 0.4) is 0 Å². The van der Waals surface area contributed by atoms with Crippen LogP contribution < -0.4 is 10.6 Å². The summed E-state index contributed by atoms with van der Waals surface area (Å²) in [5, 5.41) is 7.35. The lowest BCUT2D eigenvalue weighted by molar-refractivity contribution is -0.114. The Balaban J connectivity index is 1.65. The van der Waals surface area contributed by atoms with Gasteiger partial charge in [-0.3, -0.25) is 4.79 Å². The average molecular weight is 279 g/mol. The molecule has 3 N–H and O–H groups in total. The normalized spacial score (nSPS) is 10.5. The fourth-order valence-corrected chi connectivity index (χ4v) is 2.29. The topological polar surface area (TPSA) is 56.9 Å². The first-order chi connectivity index (χ1) is 10.2. The van der Waals surface area contributed by atoms with E-state index in [1.54, 1.807) is 0 Å². The van der Waals surface area contributed by atoms with E-state index in [2.05, 4.69) is 39.9 Å². The van der Waals surface area contributed by atoms with E-state index >= 15 is 0 Å². The summed E-state index contributed by atoms with van der Waals surface area (Å²) in [6.45, 7) is 2.27. The monoisotopic (exact) mass is 279 g/mol. The van der Waals surface area contributed by atoms with Crippen molar-refractivity contribution in [2.75, 3.05) is 10.6 Å². The maximum absolute atomic E-state index is 11.0. The van der Waals surface area contributed by atoms with Gasteiger partial charge >= 0.3 is 0 Å². The molecule has 0 aliphatic carbocycles. The van der Waals surface area contributed by atoms with E-state index in [4.69, 9.17) is 0 Å². The molecule has 0 bridgehead atoms. The van der Waals surface area contributed by atoms with E-state index in [1.807, 2.05) is 30.5 Å². The highest BCUT2D eigenvalue weighted by molar-refractivity contribution is 5.88. The molecular weight excluding hydrogens is 262 g/mol. The number of fused-ring (bicyclic) bond motifs is 1. The predicted molar refractivity (Wildman–Crippen MR) is 86.4 cm³/mol. The van der Waals surface area contributed by atoms with Gasteiger partial charge in [0, 0.05) is 36.6 Å². The minimum absolute atomic E-state index is 0.0597. The van der Waals surface area contributed by atoms with Crippen molar-refractivity contribution in [2.45, 2.75) is 13.5 Å². The van der Waals surface area contributed by atoms with Gasteiger partial charge in [0.05, 0.1) is 0 Å². The van der Waals surface area contributed by atoms with Crippen molar-refractivity contribution >= 4 is 28.2 Å². The van der Waals surface area contributed by atoms with E-state index in [1.165, 1.54) is 17.9 Å². The van der Waals surface area contributed by atoms with Gasteiger partial charge in [0.25, 0.3) is 0 Å². The van der Waals surface area contributed by atoms with Gasteiger partial charge in [-0.25, -0.2) is 0 Å². The number of hydrogen-bond donors (Lipinski definition) is 3. The lowest BCUT2D eigenvalue weighted by Gasteiger charge is -2.08. The zero-order valence-corrected chi connectivity index (χ0v) is 11.8. The Hall–Kier alpha value is -2.75. The van der Waals surface area contributed by atoms with Crippen LogP contribution in [0.2, 0.25) is 0 Å². The highest BCUT2D eigenvalue weighted by Gasteiger charge is 1.99. The summed E-state index contributed by atoms with van der Waals surface area (Å²) in [7, 11) is 0. The van der Waals surface area contributed by atoms with Gasteiger partial charge in [0.2, 0.25) is 5.91 Å². The molecule has 0 aliphatic rings. The fraction of sp³-hybridized carbons (Fsp3) is 0.118. The van der Waals surface area contributed by atoms with E-state index in [0.717, 1.165) is 23.4 Å². The molecule has 0 atom stereocenters. The number of anilines is 2. The molecular formula is C17H17N3O. The second kappa shape index (κ2) is 5.71. The fourth-order valence-electron chi connectivity index (χ4n) is 2.29. The third-order valence-electron chi connectivity index (χ3n) is 3.32. The van der Waals surface area contributed by atoms with Gasteiger partial charge < -0.3 is 15.6 Å². The van der Waals surface area contributed by atoms with E-state index < -0.39 is 0 Å². The highest BCUT2D eigenvalue weighted by Crippen LogP contribution is 2.17. The molecule has 21 heavy (non-hydrogen) atoms. The summed E-state index contributed by atoms with van der Waals surface area (Å²) in [5.74, 6) is -0.0597. The predicted octanol–water partition coefficient (Wildman–Crippen LogP) is 3.74. The summed E-state index contributed by atoms with van der Waals surface area (Å²) < 4.78 is 0. The molecule has 1 amide bonds. The summed E-state index contributed by atoms with van der Waals surface area (Å²) in [6, 6.07) is 16.1. The molecule has 1 aromatic heterocycles. The summed E-state index contributed by atoms with van der Waals surface area (Å²) >= 11 is 0. The number of carbonyl (C=O) groups excluding carboxylic acids is 1. The Labute approximate surface area is 123 Å². The second-order valence-electron chi connectivity index (χ2n) is 5.01. The molecule has 4 heteroatoms. The number of aromatic amines is 1. The van der Waals surface area contributed by atoms with Crippen molar-refractivity contribution in [1.82, 2.24) is 4.98 Å². The first kappa shape index (κ1) is 13.2. The highest BCUT2D eigenvalue weighted by atomic mass is 16.1. The van der Waals surface area contributed by atoms with Crippen molar-refractivity contribution in [1.29, 1.82) is 0 Å². The first-order valence-corrected chi connectivity index (χ1v) is 6.88. The van der Waals surface area contributed by atoms with E-state index in [9.17, 15) is 4.79 Å². The van der Waals surface area contributed by atoms with Crippen LogP contribution in [0.25, 0.3) is 10.9 Å². The van der Waals surface area contributed by atoms with Crippen LogP contribution in [0.1, 0.15) is 12.5 Å². The third kappa shape index (κ3) is 3.23. The van der Waals surface area contributed by atoms with Crippen LogP contribution >= 0.6 is 0 Å². The van der Waals surface area contributed by atoms with Gasteiger partial charge in [-0.05, 0) is 53.4 Å². The Bertz CT molecular complexity index is 759. The Morgan fingerprint density at radius 3 is 2.57 bits per heavy atom. The van der Waals surface area contributed by atoms with Crippen LogP contribution in [0.5, 0.6) is 0 Å². The molecule has 0 unspecified atom stereocenters. The maximum Gasteiger partial charge on any atom is 0.221 e. The second-order valence-corrected chi connectivity index (χ2v) is 5.01. The molecule has 0 radical (unpaired) electrons. The van der Waals surface area contributed by atoms with E-state index in [0.29, 0.717) is 0 Å². The number of aromatic nitrogens is 1. The van der Waals surface area contributed by atoms with Crippen molar-refractivity contribution in [3.05, 3.63) is 60.3 Å². The largest absolute Gasteiger partial charge is 0.381 e. The van der Waals surface area contributed by atoms with Gasteiger partial charge in [-0.15, -0.1) is 0 Å². The molecule has 0 fully saturated rings.